The molecule has 0 aliphatic heterocycles. The fourth-order valence-corrected chi connectivity index (χ4v) is 0.780. The molecule has 0 saturated carbocycles. The van der Waals surface area contributed by atoms with Gasteiger partial charge in [0, 0.05) is 0 Å². The van der Waals surface area contributed by atoms with E-state index >= 15 is 0 Å². The van der Waals surface area contributed by atoms with E-state index in [9.17, 15) is 18.0 Å². The second-order valence-electron chi connectivity index (χ2n) is 3.20. The first-order chi connectivity index (χ1) is 8.37. The molecule has 0 heterocycles. The summed E-state index contributed by atoms with van der Waals surface area (Å²) >= 11 is 0. The minimum absolute atomic E-state index is 0.0410. The molecule has 18 heavy (non-hydrogen) atoms. The standard InChI is InChI=1S/C10H15F3O5/c1-8(6-16-3-2-14)9(15)18-5-4-17-7-10(11,12)13/h6,14H,2-5,7H2,1H3. The minimum atomic E-state index is -4.39. The fraction of sp³-hybridized carbons (Fsp3) is 0.700. The summed E-state index contributed by atoms with van der Waals surface area (Å²) in [4.78, 5) is 11.2. The van der Waals surface area contributed by atoms with E-state index in [0.717, 1.165) is 6.26 Å². The third kappa shape index (κ3) is 9.91. The first-order valence-corrected chi connectivity index (χ1v) is 5.07. The quantitative estimate of drug-likeness (QED) is 0.309. The fourth-order valence-electron chi connectivity index (χ4n) is 0.780. The van der Waals surface area contributed by atoms with E-state index < -0.39 is 18.8 Å². The second kappa shape index (κ2) is 8.76. The maximum atomic E-state index is 11.7. The Morgan fingerprint density at radius 1 is 1.28 bits per heavy atom. The van der Waals surface area contributed by atoms with Gasteiger partial charge in [-0.3, -0.25) is 0 Å². The van der Waals surface area contributed by atoms with E-state index in [1.54, 1.807) is 0 Å². The van der Waals surface area contributed by atoms with Gasteiger partial charge in [-0.1, -0.05) is 0 Å². The van der Waals surface area contributed by atoms with Crippen LogP contribution in [0.25, 0.3) is 0 Å². The summed E-state index contributed by atoms with van der Waals surface area (Å²) in [7, 11) is 0. The van der Waals surface area contributed by atoms with Crippen LogP contribution in [0.1, 0.15) is 6.92 Å². The van der Waals surface area contributed by atoms with Crippen molar-refractivity contribution in [2.45, 2.75) is 13.1 Å². The molecule has 0 aromatic heterocycles. The van der Waals surface area contributed by atoms with Crippen molar-refractivity contribution in [1.82, 2.24) is 0 Å². The van der Waals surface area contributed by atoms with Crippen molar-refractivity contribution >= 4 is 5.97 Å². The second-order valence-corrected chi connectivity index (χ2v) is 3.20. The Morgan fingerprint density at radius 3 is 2.50 bits per heavy atom. The summed E-state index contributed by atoms with van der Waals surface area (Å²) in [6.07, 6.45) is -3.28. The molecule has 0 saturated heterocycles. The van der Waals surface area contributed by atoms with Crippen LogP contribution < -0.4 is 0 Å². The van der Waals surface area contributed by atoms with Crippen molar-refractivity contribution in [3.8, 4) is 0 Å². The van der Waals surface area contributed by atoms with Crippen molar-refractivity contribution in [3.63, 3.8) is 0 Å². The molecule has 0 amide bonds. The molecular formula is C10H15F3O5. The van der Waals surface area contributed by atoms with Gasteiger partial charge in [-0.15, -0.1) is 0 Å². The topological polar surface area (TPSA) is 65.0 Å². The normalized spacial score (nSPS) is 12.4. The third-order valence-electron chi connectivity index (χ3n) is 1.52. The van der Waals surface area contributed by atoms with Gasteiger partial charge in [-0.25, -0.2) is 4.79 Å². The van der Waals surface area contributed by atoms with Crippen molar-refractivity contribution in [2.24, 2.45) is 0 Å². The molecule has 0 aliphatic carbocycles. The molecular weight excluding hydrogens is 257 g/mol. The van der Waals surface area contributed by atoms with Crippen LogP contribution in [-0.2, 0) is 19.0 Å². The van der Waals surface area contributed by atoms with Crippen LogP contribution in [0.3, 0.4) is 0 Å². The Balaban J connectivity index is 3.67. The lowest BCUT2D eigenvalue weighted by atomic mass is 10.3. The highest BCUT2D eigenvalue weighted by atomic mass is 19.4. The van der Waals surface area contributed by atoms with E-state index in [2.05, 4.69) is 9.47 Å². The Morgan fingerprint density at radius 2 is 1.94 bits per heavy atom. The number of rotatable bonds is 8. The Labute approximate surface area is 102 Å². The van der Waals surface area contributed by atoms with E-state index in [1.807, 2.05) is 0 Å². The number of ether oxygens (including phenoxy) is 3. The summed E-state index contributed by atoms with van der Waals surface area (Å²) in [6, 6.07) is 0. The summed E-state index contributed by atoms with van der Waals surface area (Å²) in [5, 5.41) is 8.41. The van der Waals surface area contributed by atoms with Gasteiger partial charge in [0.1, 0.15) is 19.8 Å². The lowest BCUT2D eigenvalue weighted by Crippen LogP contribution is -2.20. The summed E-state index contributed by atoms with van der Waals surface area (Å²) in [6.45, 7) is -0.727. The van der Waals surface area contributed by atoms with Gasteiger partial charge in [0.25, 0.3) is 0 Å². The number of hydrogen-bond acceptors (Lipinski definition) is 5. The van der Waals surface area contributed by atoms with Gasteiger partial charge in [0.15, 0.2) is 0 Å². The molecule has 0 atom stereocenters. The zero-order chi connectivity index (χ0) is 14.0. The molecule has 106 valence electrons. The molecule has 0 bridgehead atoms. The maximum absolute atomic E-state index is 11.7. The molecule has 5 nitrogen and oxygen atoms in total. The Hall–Kier alpha value is -1.28. The zero-order valence-electron chi connectivity index (χ0n) is 9.83. The summed E-state index contributed by atoms with van der Waals surface area (Å²) in [5.41, 5.74) is 0.138. The molecule has 0 aromatic rings. The van der Waals surface area contributed by atoms with Gasteiger partial charge in [0.05, 0.1) is 25.0 Å². The molecule has 0 spiro atoms. The first kappa shape index (κ1) is 16.7. The minimum Gasteiger partial charge on any atom is -0.498 e. The number of carbonyl (C=O) groups is 1. The van der Waals surface area contributed by atoms with Gasteiger partial charge in [-0.2, -0.15) is 13.2 Å². The number of esters is 1. The highest BCUT2D eigenvalue weighted by Gasteiger charge is 2.27. The van der Waals surface area contributed by atoms with Crippen LogP contribution in [0.4, 0.5) is 13.2 Å². The smallest absolute Gasteiger partial charge is 0.411 e. The van der Waals surface area contributed by atoms with Crippen molar-refractivity contribution < 1.29 is 37.3 Å². The first-order valence-electron chi connectivity index (χ1n) is 5.07. The van der Waals surface area contributed by atoms with Crippen LogP contribution in [0.15, 0.2) is 11.8 Å². The number of halogens is 3. The molecule has 0 fully saturated rings. The van der Waals surface area contributed by atoms with Crippen LogP contribution in [0.5, 0.6) is 0 Å². The van der Waals surface area contributed by atoms with Crippen molar-refractivity contribution in [2.75, 3.05) is 33.0 Å². The SMILES string of the molecule is CC(=COCCO)C(=O)OCCOCC(F)(F)F. The lowest BCUT2D eigenvalue weighted by molar-refractivity contribution is -0.177. The van der Waals surface area contributed by atoms with Crippen molar-refractivity contribution in [1.29, 1.82) is 0 Å². The van der Waals surface area contributed by atoms with Crippen LogP contribution >= 0.6 is 0 Å². The number of aliphatic hydroxyl groups is 1. The average molecular weight is 272 g/mol. The monoisotopic (exact) mass is 272 g/mol. The van der Waals surface area contributed by atoms with E-state index in [0.29, 0.717) is 0 Å². The van der Waals surface area contributed by atoms with Crippen molar-refractivity contribution in [3.05, 3.63) is 11.8 Å². The average Bonchev–Trinajstić information content (AvgIpc) is 2.27. The number of carbonyl (C=O) groups excluding carboxylic acids is 1. The Kier molecular flexibility index (Phi) is 8.14. The van der Waals surface area contributed by atoms with Crippen LogP contribution in [0, 0.1) is 0 Å². The number of alkyl halides is 3. The molecule has 8 heteroatoms. The molecule has 0 aliphatic rings. The molecule has 0 radical (unpaired) electrons. The molecule has 0 rings (SSSR count). The number of aliphatic hydroxyl groups excluding tert-OH is 1. The Bertz CT molecular complexity index is 275. The maximum Gasteiger partial charge on any atom is 0.411 e. The van der Waals surface area contributed by atoms with Crippen LogP contribution in [0.2, 0.25) is 0 Å². The van der Waals surface area contributed by atoms with Crippen LogP contribution in [-0.4, -0.2) is 50.3 Å². The van der Waals surface area contributed by atoms with E-state index in [-0.39, 0.29) is 32.0 Å². The van der Waals surface area contributed by atoms with E-state index in [4.69, 9.17) is 9.84 Å². The summed E-state index contributed by atoms with van der Waals surface area (Å²) in [5.74, 6) is -0.719. The predicted molar refractivity (Wildman–Crippen MR) is 54.6 cm³/mol. The predicted octanol–water partition coefficient (Wildman–Crippen LogP) is 1.02. The van der Waals surface area contributed by atoms with Gasteiger partial charge >= 0.3 is 12.1 Å². The van der Waals surface area contributed by atoms with Gasteiger partial charge < -0.3 is 19.3 Å². The largest absolute Gasteiger partial charge is 0.498 e. The summed E-state index contributed by atoms with van der Waals surface area (Å²) < 4.78 is 48.6. The van der Waals surface area contributed by atoms with Gasteiger partial charge in [0.2, 0.25) is 0 Å². The molecule has 0 aromatic carbocycles. The third-order valence-corrected chi connectivity index (χ3v) is 1.52. The zero-order valence-corrected chi connectivity index (χ0v) is 9.83. The number of hydrogen-bond donors (Lipinski definition) is 1. The molecule has 0 unspecified atom stereocenters. The highest BCUT2D eigenvalue weighted by Crippen LogP contribution is 2.14. The molecule has 1 N–H and O–H groups in total. The lowest BCUT2D eigenvalue weighted by Gasteiger charge is -2.08. The van der Waals surface area contributed by atoms with Gasteiger partial charge in [-0.05, 0) is 6.92 Å². The highest BCUT2D eigenvalue weighted by molar-refractivity contribution is 5.87. The van der Waals surface area contributed by atoms with E-state index in [1.165, 1.54) is 6.92 Å².